The molecule has 0 radical (unpaired) electrons. The summed E-state index contributed by atoms with van der Waals surface area (Å²) in [6.07, 6.45) is -0.0950. The lowest BCUT2D eigenvalue weighted by Crippen LogP contribution is -2.31. The lowest BCUT2D eigenvalue weighted by Gasteiger charge is -2.19. The lowest BCUT2D eigenvalue weighted by molar-refractivity contribution is -0.141. The van der Waals surface area contributed by atoms with Crippen LogP contribution in [0.25, 0.3) is 0 Å². The molecule has 0 spiro atoms. The first kappa shape index (κ1) is 19.6. The van der Waals surface area contributed by atoms with Crippen LogP contribution in [0.2, 0.25) is 0 Å². The molecule has 0 saturated heterocycles. The number of halogens is 1. The molecular weight excluding hydrogens is 406 g/mol. The van der Waals surface area contributed by atoms with Crippen molar-refractivity contribution < 1.29 is 17.9 Å². The largest absolute Gasteiger partial charge is 0.469 e. The van der Waals surface area contributed by atoms with E-state index in [1.165, 1.54) is 7.11 Å². The zero-order valence-corrected chi connectivity index (χ0v) is 16.6. The standard InChI is InChI=1S/C18H20BrNO4S/c1-12-4-5-13(2)17(10-12)25(22,23)20-16(11-18(21)24-3)14-6-8-15(19)9-7-14/h4-10,16,20H,11H2,1-3H3/t16-/m0/s1. The van der Waals surface area contributed by atoms with Crippen LogP contribution in [0.15, 0.2) is 51.8 Å². The van der Waals surface area contributed by atoms with Crippen LogP contribution in [-0.4, -0.2) is 21.5 Å². The van der Waals surface area contributed by atoms with Gasteiger partial charge < -0.3 is 4.74 Å². The van der Waals surface area contributed by atoms with Crippen LogP contribution < -0.4 is 4.72 Å². The molecule has 1 N–H and O–H groups in total. The molecule has 1 atom stereocenters. The predicted molar refractivity (Wildman–Crippen MR) is 99.8 cm³/mol. The number of hydrogen-bond donors (Lipinski definition) is 1. The fourth-order valence-electron chi connectivity index (χ4n) is 2.42. The number of aryl methyl sites for hydroxylation is 2. The Labute approximate surface area is 156 Å². The molecule has 25 heavy (non-hydrogen) atoms. The number of benzene rings is 2. The van der Waals surface area contributed by atoms with Crippen LogP contribution >= 0.6 is 15.9 Å². The number of esters is 1. The molecule has 0 aliphatic rings. The zero-order chi connectivity index (χ0) is 18.6. The van der Waals surface area contributed by atoms with E-state index in [1.54, 1.807) is 43.3 Å². The molecule has 0 aromatic heterocycles. The van der Waals surface area contributed by atoms with E-state index in [9.17, 15) is 13.2 Å². The maximum absolute atomic E-state index is 12.9. The van der Waals surface area contributed by atoms with Crippen molar-refractivity contribution in [2.45, 2.75) is 31.2 Å². The van der Waals surface area contributed by atoms with Gasteiger partial charge in [0.1, 0.15) is 0 Å². The van der Waals surface area contributed by atoms with Gasteiger partial charge in [0.05, 0.1) is 24.5 Å². The highest BCUT2D eigenvalue weighted by Crippen LogP contribution is 2.24. The van der Waals surface area contributed by atoms with Gasteiger partial charge in [0.15, 0.2) is 0 Å². The van der Waals surface area contributed by atoms with Gasteiger partial charge in [0.2, 0.25) is 10.0 Å². The third-order valence-corrected chi connectivity index (χ3v) is 5.94. The summed E-state index contributed by atoms with van der Waals surface area (Å²) in [6.45, 7) is 3.57. The molecule has 0 amide bonds. The summed E-state index contributed by atoms with van der Waals surface area (Å²) < 4.78 is 33.9. The predicted octanol–water partition coefficient (Wildman–Crippen LogP) is 3.65. The minimum absolute atomic E-state index is 0.0950. The van der Waals surface area contributed by atoms with E-state index < -0.39 is 22.0 Å². The van der Waals surface area contributed by atoms with Gasteiger partial charge in [-0.25, -0.2) is 13.1 Å². The summed E-state index contributed by atoms with van der Waals surface area (Å²) in [7, 11) is -2.52. The smallest absolute Gasteiger partial charge is 0.307 e. The molecule has 134 valence electrons. The molecule has 0 fully saturated rings. The summed E-state index contributed by atoms with van der Waals surface area (Å²) in [5, 5.41) is 0. The highest BCUT2D eigenvalue weighted by molar-refractivity contribution is 9.10. The summed E-state index contributed by atoms with van der Waals surface area (Å²) in [5.74, 6) is -0.489. The highest BCUT2D eigenvalue weighted by atomic mass is 79.9. The number of rotatable bonds is 6. The van der Waals surface area contributed by atoms with Crippen molar-refractivity contribution in [2.75, 3.05) is 7.11 Å². The minimum atomic E-state index is -3.79. The van der Waals surface area contributed by atoms with Crippen LogP contribution in [0.3, 0.4) is 0 Å². The SMILES string of the molecule is COC(=O)C[C@H](NS(=O)(=O)c1cc(C)ccc1C)c1ccc(Br)cc1. The summed E-state index contributed by atoms with van der Waals surface area (Å²) in [6, 6.07) is 11.7. The van der Waals surface area contributed by atoms with Gasteiger partial charge in [-0.1, -0.05) is 40.2 Å². The minimum Gasteiger partial charge on any atom is -0.469 e. The van der Waals surface area contributed by atoms with Crippen LogP contribution in [0.1, 0.15) is 29.2 Å². The van der Waals surface area contributed by atoms with Gasteiger partial charge in [-0.15, -0.1) is 0 Å². The number of ether oxygens (including phenoxy) is 1. The van der Waals surface area contributed by atoms with Gasteiger partial charge in [-0.05, 0) is 48.7 Å². The third-order valence-electron chi connectivity index (χ3n) is 3.80. The number of nitrogens with one attached hydrogen (secondary N) is 1. The second-order valence-electron chi connectivity index (χ2n) is 5.77. The van der Waals surface area contributed by atoms with Crippen LogP contribution in [0.5, 0.6) is 0 Å². The molecule has 0 unspecified atom stereocenters. The van der Waals surface area contributed by atoms with Gasteiger partial charge in [-0.3, -0.25) is 4.79 Å². The molecule has 0 aliphatic carbocycles. The Kier molecular flexibility index (Phi) is 6.37. The van der Waals surface area contributed by atoms with E-state index in [-0.39, 0.29) is 11.3 Å². The van der Waals surface area contributed by atoms with Crippen molar-refractivity contribution in [3.8, 4) is 0 Å². The Hall–Kier alpha value is -1.70. The average molecular weight is 426 g/mol. The molecule has 0 saturated carbocycles. The maximum Gasteiger partial charge on any atom is 0.307 e. The molecule has 0 aliphatic heterocycles. The van der Waals surface area contributed by atoms with E-state index in [1.807, 2.05) is 13.0 Å². The molecule has 5 nitrogen and oxygen atoms in total. The number of sulfonamides is 1. The highest BCUT2D eigenvalue weighted by Gasteiger charge is 2.25. The summed E-state index contributed by atoms with van der Waals surface area (Å²) >= 11 is 3.34. The zero-order valence-electron chi connectivity index (χ0n) is 14.2. The van der Waals surface area contributed by atoms with Gasteiger partial charge in [-0.2, -0.15) is 0 Å². The van der Waals surface area contributed by atoms with Crippen molar-refractivity contribution in [3.05, 3.63) is 63.6 Å². The molecule has 2 aromatic carbocycles. The second-order valence-corrected chi connectivity index (χ2v) is 8.37. The Morgan fingerprint density at radius 3 is 2.40 bits per heavy atom. The number of methoxy groups -OCH3 is 1. The molecule has 0 heterocycles. The Morgan fingerprint density at radius 1 is 1.16 bits per heavy atom. The molecule has 0 bridgehead atoms. The van der Waals surface area contributed by atoms with Crippen molar-refractivity contribution in [3.63, 3.8) is 0 Å². The van der Waals surface area contributed by atoms with Crippen molar-refractivity contribution >= 4 is 31.9 Å². The van der Waals surface area contributed by atoms with Gasteiger partial charge in [0.25, 0.3) is 0 Å². The monoisotopic (exact) mass is 425 g/mol. The van der Waals surface area contributed by atoms with E-state index in [0.29, 0.717) is 11.1 Å². The first-order chi connectivity index (χ1) is 11.7. The first-order valence-electron chi connectivity index (χ1n) is 7.65. The maximum atomic E-state index is 12.9. The molecular formula is C18H20BrNO4S. The lowest BCUT2D eigenvalue weighted by atomic mass is 10.1. The Balaban J connectivity index is 2.39. The quantitative estimate of drug-likeness (QED) is 0.716. The van der Waals surface area contributed by atoms with Crippen LogP contribution in [0, 0.1) is 13.8 Å². The van der Waals surface area contributed by atoms with E-state index in [0.717, 1.165) is 10.0 Å². The van der Waals surface area contributed by atoms with Crippen LogP contribution in [-0.2, 0) is 19.6 Å². The third kappa shape index (κ3) is 5.14. The van der Waals surface area contributed by atoms with E-state index in [2.05, 4.69) is 20.7 Å². The van der Waals surface area contributed by atoms with E-state index >= 15 is 0 Å². The summed E-state index contributed by atoms with van der Waals surface area (Å²) in [4.78, 5) is 11.9. The van der Waals surface area contributed by atoms with Crippen LogP contribution in [0.4, 0.5) is 0 Å². The van der Waals surface area contributed by atoms with Crippen molar-refractivity contribution in [1.82, 2.24) is 4.72 Å². The fraction of sp³-hybridized carbons (Fsp3) is 0.278. The normalized spacial score (nSPS) is 12.6. The van der Waals surface area contributed by atoms with E-state index in [4.69, 9.17) is 4.74 Å². The average Bonchev–Trinajstić information content (AvgIpc) is 2.56. The van der Waals surface area contributed by atoms with Crippen molar-refractivity contribution in [1.29, 1.82) is 0 Å². The fourth-order valence-corrected chi connectivity index (χ4v) is 4.24. The molecule has 7 heteroatoms. The number of carbonyl (C=O) groups excluding carboxylic acids is 1. The number of carbonyl (C=O) groups is 1. The topological polar surface area (TPSA) is 72.5 Å². The van der Waals surface area contributed by atoms with Crippen molar-refractivity contribution in [2.24, 2.45) is 0 Å². The van der Waals surface area contributed by atoms with Gasteiger partial charge >= 0.3 is 5.97 Å². The summed E-state index contributed by atoms with van der Waals surface area (Å²) in [5.41, 5.74) is 2.17. The Morgan fingerprint density at radius 2 is 1.80 bits per heavy atom. The molecule has 2 aromatic rings. The number of hydrogen-bond acceptors (Lipinski definition) is 4. The molecule has 2 rings (SSSR count). The Bertz CT molecular complexity index is 863. The second kappa shape index (κ2) is 8.12. The first-order valence-corrected chi connectivity index (χ1v) is 9.92. The van der Waals surface area contributed by atoms with Gasteiger partial charge in [0, 0.05) is 4.47 Å².